The number of likely N-dealkylation sites (tertiary alicyclic amines) is 2. The van der Waals surface area contributed by atoms with E-state index in [-0.39, 0.29) is 0 Å². The summed E-state index contributed by atoms with van der Waals surface area (Å²) < 4.78 is 0. The third kappa shape index (κ3) is 3.28. The summed E-state index contributed by atoms with van der Waals surface area (Å²) in [7, 11) is 0. The minimum Gasteiger partial charge on any atom is -0.348 e. The lowest BCUT2D eigenvalue weighted by molar-refractivity contribution is -0.139. The minimum atomic E-state index is 0.328. The number of rotatable bonds is 4. The van der Waals surface area contributed by atoms with Gasteiger partial charge >= 0.3 is 0 Å². The van der Waals surface area contributed by atoms with Crippen LogP contribution in [-0.2, 0) is 11.2 Å². The molecular weight excluding hydrogens is 264 g/mol. The Kier molecular flexibility index (Phi) is 4.29. The molecule has 2 saturated heterocycles. The zero-order chi connectivity index (χ0) is 14.7. The molecule has 1 unspecified atom stereocenters. The number of aromatic nitrogens is 2. The number of aromatic amines is 1. The first-order valence-electron chi connectivity index (χ1n) is 8.18. The van der Waals surface area contributed by atoms with Crippen LogP contribution >= 0.6 is 0 Å². The predicted molar refractivity (Wildman–Crippen MR) is 81.9 cm³/mol. The fraction of sp³-hybridized carbons (Fsp3) is 0.750. The summed E-state index contributed by atoms with van der Waals surface area (Å²) in [6, 6.07) is 0. The Morgan fingerprint density at radius 1 is 1.38 bits per heavy atom. The average Bonchev–Trinajstić information content (AvgIpc) is 3.02. The van der Waals surface area contributed by atoms with Crippen molar-refractivity contribution in [3.63, 3.8) is 0 Å². The molecule has 0 aromatic carbocycles. The van der Waals surface area contributed by atoms with Gasteiger partial charge < -0.3 is 14.8 Å². The molecule has 1 N–H and O–H groups in total. The number of hydrogen-bond acceptors (Lipinski definition) is 3. The molecule has 1 aromatic heterocycles. The molecule has 2 aliphatic rings. The first-order valence-corrected chi connectivity index (χ1v) is 8.18. The lowest BCUT2D eigenvalue weighted by atomic mass is 9.73. The highest BCUT2D eigenvalue weighted by atomic mass is 16.2. The van der Waals surface area contributed by atoms with Crippen molar-refractivity contribution in [3.8, 4) is 0 Å². The summed E-state index contributed by atoms with van der Waals surface area (Å²) in [5, 5.41) is 0. The summed E-state index contributed by atoms with van der Waals surface area (Å²) in [5.74, 6) is 0.328. The first kappa shape index (κ1) is 14.6. The second kappa shape index (κ2) is 6.18. The van der Waals surface area contributed by atoms with E-state index in [4.69, 9.17) is 0 Å². The van der Waals surface area contributed by atoms with E-state index in [0.29, 0.717) is 11.3 Å². The molecule has 2 fully saturated rings. The number of nitrogens with one attached hydrogen (secondary N) is 1. The Bertz CT molecular complexity index is 473. The molecule has 116 valence electrons. The second-order valence-corrected chi connectivity index (χ2v) is 6.61. The number of carbonyl (C=O) groups is 1. The molecule has 3 heterocycles. The fourth-order valence-electron chi connectivity index (χ4n) is 3.90. The van der Waals surface area contributed by atoms with Crippen LogP contribution in [0.1, 0.15) is 38.3 Å². The van der Waals surface area contributed by atoms with E-state index in [2.05, 4.69) is 26.7 Å². The fourth-order valence-corrected chi connectivity index (χ4v) is 3.90. The van der Waals surface area contributed by atoms with Gasteiger partial charge in [-0.05, 0) is 32.4 Å². The molecule has 0 bridgehead atoms. The Morgan fingerprint density at radius 2 is 2.29 bits per heavy atom. The summed E-state index contributed by atoms with van der Waals surface area (Å²) in [4.78, 5) is 24.0. The van der Waals surface area contributed by atoms with Crippen LogP contribution in [0.3, 0.4) is 0 Å². The molecule has 2 aliphatic heterocycles. The lowest BCUT2D eigenvalue weighted by Gasteiger charge is -2.48. The Hall–Kier alpha value is -1.36. The van der Waals surface area contributed by atoms with Crippen LogP contribution < -0.4 is 0 Å². The largest absolute Gasteiger partial charge is 0.348 e. The van der Waals surface area contributed by atoms with Gasteiger partial charge in [-0.2, -0.15) is 0 Å². The van der Waals surface area contributed by atoms with E-state index in [1.54, 1.807) is 6.33 Å². The highest BCUT2D eigenvalue weighted by Crippen LogP contribution is 2.38. The van der Waals surface area contributed by atoms with Crippen LogP contribution in [0.15, 0.2) is 12.5 Å². The van der Waals surface area contributed by atoms with Gasteiger partial charge in [-0.1, -0.05) is 6.92 Å². The van der Waals surface area contributed by atoms with Gasteiger partial charge in [-0.3, -0.25) is 4.79 Å². The molecule has 0 saturated carbocycles. The molecule has 3 rings (SSSR count). The van der Waals surface area contributed by atoms with Gasteiger partial charge in [0.25, 0.3) is 0 Å². The maximum absolute atomic E-state index is 12.2. The van der Waals surface area contributed by atoms with Crippen molar-refractivity contribution in [2.45, 2.75) is 39.0 Å². The van der Waals surface area contributed by atoms with Crippen molar-refractivity contribution < 1.29 is 4.79 Å². The van der Waals surface area contributed by atoms with Crippen molar-refractivity contribution in [2.24, 2.45) is 5.41 Å². The van der Waals surface area contributed by atoms with E-state index < -0.39 is 0 Å². The van der Waals surface area contributed by atoms with E-state index in [0.717, 1.165) is 51.1 Å². The molecule has 1 amide bonds. The van der Waals surface area contributed by atoms with Gasteiger partial charge in [-0.15, -0.1) is 0 Å². The topological polar surface area (TPSA) is 52.2 Å². The molecular formula is C16H26N4O. The van der Waals surface area contributed by atoms with Gasteiger partial charge in [0, 0.05) is 49.8 Å². The average molecular weight is 290 g/mol. The van der Waals surface area contributed by atoms with Crippen molar-refractivity contribution in [1.29, 1.82) is 0 Å². The van der Waals surface area contributed by atoms with E-state index >= 15 is 0 Å². The smallest absolute Gasteiger partial charge is 0.222 e. The van der Waals surface area contributed by atoms with Crippen molar-refractivity contribution >= 4 is 5.91 Å². The summed E-state index contributed by atoms with van der Waals surface area (Å²) in [6.45, 7) is 7.51. The molecule has 5 nitrogen and oxygen atoms in total. The number of piperidine rings is 2. The number of hydrogen-bond donors (Lipinski definition) is 1. The highest BCUT2D eigenvalue weighted by molar-refractivity contribution is 5.77. The highest BCUT2D eigenvalue weighted by Gasteiger charge is 2.41. The van der Waals surface area contributed by atoms with Gasteiger partial charge in [-0.25, -0.2) is 4.98 Å². The number of carbonyl (C=O) groups excluding carboxylic acids is 1. The Morgan fingerprint density at radius 3 is 3.05 bits per heavy atom. The summed E-state index contributed by atoms with van der Waals surface area (Å²) >= 11 is 0. The van der Waals surface area contributed by atoms with E-state index in [1.807, 2.05) is 6.20 Å². The van der Waals surface area contributed by atoms with Crippen LogP contribution in [0.25, 0.3) is 0 Å². The molecule has 0 radical (unpaired) electrons. The zero-order valence-corrected chi connectivity index (χ0v) is 13.0. The minimum absolute atomic E-state index is 0.328. The van der Waals surface area contributed by atoms with E-state index in [1.165, 1.54) is 19.4 Å². The van der Waals surface area contributed by atoms with Gasteiger partial charge in [0.1, 0.15) is 0 Å². The van der Waals surface area contributed by atoms with Gasteiger partial charge in [0.2, 0.25) is 5.91 Å². The maximum atomic E-state index is 12.2. The number of nitrogens with zero attached hydrogens (tertiary/aromatic N) is 3. The molecule has 0 aliphatic carbocycles. The molecule has 21 heavy (non-hydrogen) atoms. The van der Waals surface area contributed by atoms with Crippen LogP contribution in [-0.4, -0.2) is 58.4 Å². The van der Waals surface area contributed by atoms with Crippen LogP contribution in [0, 0.1) is 5.41 Å². The standard InChI is InChI=1S/C16H26N4O/c1-2-19-8-3-6-16(11-19)7-4-15(21)20(12-16)9-5-14-10-17-13-18-14/h10,13H,2-9,11-12H2,1H3,(H,17,18). The SMILES string of the molecule is CCN1CCCC2(CCC(=O)N(CCc3cnc[nH]3)C2)C1. The third-order valence-electron chi connectivity index (χ3n) is 5.14. The van der Waals surface area contributed by atoms with Crippen molar-refractivity contribution in [1.82, 2.24) is 19.8 Å². The quantitative estimate of drug-likeness (QED) is 0.918. The number of H-pyrrole nitrogens is 1. The zero-order valence-electron chi connectivity index (χ0n) is 13.0. The van der Waals surface area contributed by atoms with Gasteiger partial charge in [0.15, 0.2) is 0 Å². The molecule has 5 heteroatoms. The van der Waals surface area contributed by atoms with Gasteiger partial charge in [0.05, 0.1) is 6.33 Å². The number of imidazole rings is 1. The Labute approximate surface area is 126 Å². The van der Waals surface area contributed by atoms with E-state index in [9.17, 15) is 4.79 Å². The molecule has 1 spiro atoms. The molecule has 1 atom stereocenters. The Balaban J connectivity index is 1.62. The normalized spacial score (nSPS) is 27.5. The monoisotopic (exact) mass is 290 g/mol. The van der Waals surface area contributed by atoms with Crippen molar-refractivity contribution in [2.75, 3.05) is 32.7 Å². The van der Waals surface area contributed by atoms with Crippen LogP contribution in [0.2, 0.25) is 0 Å². The summed E-state index contributed by atoms with van der Waals surface area (Å²) in [6.07, 6.45) is 8.77. The first-order chi connectivity index (χ1) is 10.2. The summed E-state index contributed by atoms with van der Waals surface area (Å²) in [5.41, 5.74) is 1.46. The maximum Gasteiger partial charge on any atom is 0.222 e. The predicted octanol–water partition coefficient (Wildman–Crippen LogP) is 1.68. The van der Waals surface area contributed by atoms with Crippen molar-refractivity contribution in [3.05, 3.63) is 18.2 Å². The molecule has 1 aromatic rings. The van der Waals surface area contributed by atoms with Crippen LogP contribution in [0.5, 0.6) is 0 Å². The second-order valence-electron chi connectivity index (χ2n) is 6.61. The number of amides is 1. The van der Waals surface area contributed by atoms with Crippen LogP contribution in [0.4, 0.5) is 0 Å². The lowest BCUT2D eigenvalue weighted by Crippen LogP contribution is -2.54. The third-order valence-corrected chi connectivity index (χ3v) is 5.14.